The van der Waals surface area contributed by atoms with E-state index in [0.29, 0.717) is 28.8 Å². The molecule has 0 spiro atoms. The van der Waals surface area contributed by atoms with Crippen molar-refractivity contribution in [2.75, 3.05) is 13.2 Å². The number of para-hydroxylation sites is 1. The zero-order valence-corrected chi connectivity index (χ0v) is 20.9. The lowest BCUT2D eigenvalue weighted by Crippen LogP contribution is -2.29. The number of amides is 1. The molecule has 0 atom stereocenters. The van der Waals surface area contributed by atoms with Gasteiger partial charge in [-0.1, -0.05) is 78.9 Å². The maximum absolute atomic E-state index is 13.1. The van der Waals surface area contributed by atoms with Gasteiger partial charge in [0, 0.05) is 42.2 Å². The molecule has 0 aliphatic carbocycles. The number of carbonyl (C=O) groups is 2. The fourth-order valence-electron chi connectivity index (χ4n) is 4.08. The molecule has 1 fully saturated rings. The summed E-state index contributed by atoms with van der Waals surface area (Å²) in [5, 5.41) is 1.11. The van der Waals surface area contributed by atoms with Crippen LogP contribution < -0.4 is 0 Å². The first-order chi connectivity index (χ1) is 16.6. The number of unbranched alkanes of at least 4 members (excludes halogenated alkanes) is 2. The second-order valence-electron chi connectivity index (χ2n) is 8.16. The summed E-state index contributed by atoms with van der Waals surface area (Å²) in [6, 6.07) is 18.6. The Morgan fingerprint density at radius 3 is 2.62 bits per heavy atom. The van der Waals surface area contributed by atoms with Gasteiger partial charge in [0.05, 0.1) is 11.5 Å². The van der Waals surface area contributed by atoms with E-state index in [1.165, 1.54) is 17.3 Å². The molecule has 4 rings (SSSR count). The first-order valence-electron chi connectivity index (χ1n) is 11.6. The summed E-state index contributed by atoms with van der Waals surface area (Å²) in [6.45, 7) is 3.55. The third-order valence-corrected chi connectivity index (χ3v) is 7.12. The van der Waals surface area contributed by atoms with Gasteiger partial charge in [0.1, 0.15) is 4.32 Å². The van der Waals surface area contributed by atoms with E-state index in [4.69, 9.17) is 17.0 Å². The molecule has 0 saturated carbocycles. The Kier molecular flexibility index (Phi) is 8.19. The topological polar surface area (TPSA) is 51.5 Å². The second kappa shape index (κ2) is 11.5. The van der Waals surface area contributed by atoms with E-state index in [0.717, 1.165) is 42.3 Å². The van der Waals surface area contributed by atoms with E-state index >= 15 is 0 Å². The zero-order chi connectivity index (χ0) is 23.9. The van der Waals surface area contributed by atoms with Crippen LogP contribution in [0.1, 0.15) is 43.7 Å². The van der Waals surface area contributed by atoms with Crippen molar-refractivity contribution in [1.82, 2.24) is 9.47 Å². The smallest absolute Gasteiger partial charge is 0.305 e. The van der Waals surface area contributed by atoms with Crippen molar-refractivity contribution < 1.29 is 14.3 Å². The minimum Gasteiger partial charge on any atom is -0.466 e. The SMILES string of the molecule is CCOC(=O)CCCCCN1C(=O)/C(=C/c2cn(Cc3ccccc3)c3ccccc23)SC1=S. The molecule has 0 N–H and O–H groups in total. The largest absolute Gasteiger partial charge is 0.466 e. The van der Waals surface area contributed by atoms with E-state index < -0.39 is 0 Å². The molecule has 0 unspecified atom stereocenters. The number of thioether (sulfide) groups is 1. The Balaban J connectivity index is 1.45. The van der Waals surface area contributed by atoms with Crippen LogP contribution in [0.4, 0.5) is 0 Å². The van der Waals surface area contributed by atoms with Crippen LogP contribution in [0.2, 0.25) is 0 Å². The molecule has 2 heterocycles. The summed E-state index contributed by atoms with van der Waals surface area (Å²) in [4.78, 5) is 26.9. The molecule has 1 saturated heterocycles. The minimum absolute atomic E-state index is 0.0414. The summed E-state index contributed by atoms with van der Waals surface area (Å²) >= 11 is 6.86. The van der Waals surface area contributed by atoms with Crippen LogP contribution in [-0.2, 0) is 20.9 Å². The average Bonchev–Trinajstić information content (AvgIpc) is 3.31. The van der Waals surface area contributed by atoms with Crippen LogP contribution in [0.5, 0.6) is 0 Å². The van der Waals surface area contributed by atoms with Crippen molar-refractivity contribution in [1.29, 1.82) is 0 Å². The molecule has 176 valence electrons. The van der Waals surface area contributed by atoms with Crippen LogP contribution in [0.25, 0.3) is 17.0 Å². The first kappa shape index (κ1) is 24.2. The number of fused-ring (bicyclic) bond motifs is 1. The highest BCUT2D eigenvalue weighted by molar-refractivity contribution is 8.26. The number of hydrogen-bond acceptors (Lipinski definition) is 5. The predicted molar refractivity (Wildman–Crippen MR) is 142 cm³/mol. The molecule has 34 heavy (non-hydrogen) atoms. The van der Waals surface area contributed by atoms with Crippen molar-refractivity contribution in [2.24, 2.45) is 0 Å². The Morgan fingerprint density at radius 1 is 1.06 bits per heavy atom. The van der Waals surface area contributed by atoms with Gasteiger partial charge >= 0.3 is 5.97 Å². The van der Waals surface area contributed by atoms with Crippen LogP contribution in [0, 0.1) is 0 Å². The summed E-state index contributed by atoms with van der Waals surface area (Å²) in [6.07, 6.45) is 6.89. The molecule has 0 bridgehead atoms. The number of ether oxygens (including phenoxy) is 1. The number of rotatable bonds is 10. The molecule has 5 nitrogen and oxygen atoms in total. The van der Waals surface area contributed by atoms with E-state index in [9.17, 15) is 9.59 Å². The third-order valence-electron chi connectivity index (χ3n) is 5.74. The van der Waals surface area contributed by atoms with Gasteiger partial charge in [-0.05, 0) is 37.5 Å². The number of carbonyl (C=O) groups excluding carboxylic acids is 2. The molecule has 3 aromatic rings. The number of benzene rings is 2. The van der Waals surface area contributed by atoms with E-state index in [2.05, 4.69) is 35.0 Å². The van der Waals surface area contributed by atoms with Crippen LogP contribution in [-0.4, -0.2) is 38.8 Å². The molecule has 1 aromatic heterocycles. The maximum atomic E-state index is 13.1. The fourth-order valence-corrected chi connectivity index (χ4v) is 5.38. The van der Waals surface area contributed by atoms with Crippen molar-refractivity contribution >= 4 is 57.2 Å². The summed E-state index contributed by atoms with van der Waals surface area (Å²) in [5.74, 6) is -0.206. The Bertz CT molecular complexity index is 1220. The average molecular weight is 493 g/mol. The van der Waals surface area contributed by atoms with E-state index in [1.54, 1.807) is 4.90 Å². The molecule has 2 aromatic carbocycles. The quantitative estimate of drug-likeness (QED) is 0.150. The molecule has 7 heteroatoms. The Morgan fingerprint density at radius 2 is 1.82 bits per heavy atom. The van der Waals surface area contributed by atoms with Crippen molar-refractivity contribution in [2.45, 2.75) is 39.2 Å². The number of nitrogens with zero attached hydrogens (tertiary/aromatic N) is 2. The van der Waals surface area contributed by atoms with Crippen LogP contribution in [0.15, 0.2) is 65.7 Å². The molecule has 1 aliphatic rings. The van der Waals surface area contributed by atoms with Gasteiger partial charge in [-0.3, -0.25) is 14.5 Å². The number of hydrogen-bond donors (Lipinski definition) is 0. The zero-order valence-electron chi connectivity index (χ0n) is 19.2. The Labute approximate surface area is 209 Å². The van der Waals surface area contributed by atoms with Crippen molar-refractivity contribution in [3.05, 3.63) is 76.8 Å². The van der Waals surface area contributed by atoms with Gasteiger partial charge in [-0.15, -0.1) is 0 Å². The van der Waals surface area contributed by atoms with Gasteiger partial charge < -0.3 is 9.30 Å². The molecule has 0 radical (unpaired) electrons. The number of esters is 1. The van der Waals surface area contributed by atoms with Gasteiger partial charge in [-0.2, -0.15) is 0 Å². The number of thiocarbonyl (C=S) groups is 1. The molecule has 1 aliphatic heterocycles. The third kappa shape index (κ3) is 5.77. The maximum Gasteiger partial charge on any atom is 0.305 e. The predicted octanol–water partition coefficient (Wildman–Crippen LogP) is 6.01. The Hall–Kier alpha value is -2.90. The van der Waals surface area contributed by atoms with Crippen LogP contribution >= 0.6 is 24.0 Å². The standard InChI is InChI=1S/C27H28N2O3S2/c1-2-32-25(30)15-7-4-10-16-29-26(31)24(34-27(29)33)17-21-19-28(18-20-11-5-3-6-12-20)23-14-9-8-13-22(21)23/h3,5-6,8-9,11-14,17,19H,2,4,7,10,15-16,18H2,1H3/b24-17-. The van der Waals surface area contributed by atoms with Gasteiger partial charge in [0.15, 0.2) is 0 Å². The highest BCUT2D eigenvalue weighted by Crippen LogP contribution is 2.34. The van der Waals surface area contributed by atoms with Gasteiger partial charge in [0.2, 0.25) is 0 Å². The first-order valence-corrected chi connectivity index (χ1v) is 12.8. The lowest BCUT2D eigenvalue weighted by atomic mass is 10.1. The summed E-state index contributed by atoms with van der Waals surface area (Å²) < 4.78 is 7.77. The van der Waals surface area contributed by atoms with E-state index in [1.807, 2.05) is 43.3 Å². The summed E-state index contributed by atoms with van der Waals surface area (Å²) in [7, 11) is 0. The monoisotopic (exact) mass is 492 g/mol. The lowest BCUT2D eigenvalue weighted by Gasteiger charge is -2.13. The van der Waals surface area contributed by atoms with Crippen molar-refractivity contribution in [3.63, 3.8) is 0 Å². The second-order valence-corrected chi connectivity index (χ2v) is 9.84. The lowest BCUT2D eigenvalue weighted by molar-refractivity contribution is -0.143. The molecular formula is C27H28N2O3S2. The highest BCUT2D eigenvalue weighted by atomic mass is 32.2. The molecule has 1 amide bonds. The van der Waals surface area contributed by atoms with Gasteiger partial charge in [-0.25, -0.2) is 0 Å². The summed E-state index contributed by atoms with van der Waals surface area (Å²) in [5.41, 5.74) is 3.38. The minimum atomic E-state index is -0.164. The fraction of sp³-hybridized carbons (Fsp3) is 0.296. The van der Waals surface area contributed by atoms with E-state index in [-0.39, 0.29) is 11.9 Å². The normalized spacial score (nSPS) is 15.0. The highest BCUT2D eigenvalue weighted by Gasteiger charge is 2.31. The van der Waals surface area contributed by atoms with Crippen LogP contribution in [0.3, 0.4) is 0 Å². The number of aromatic nitrogens is 1. The van der Waals surface area contributed by atoms with Crippen molar-refractivity contribution in [3.8, 4) is 0 Å². The van der Waals surface area contributed by atoms with Gasteiger partial charge in [0.25, 0.3) is 5.91 Å². The molecular weight excluding hydrogens is 464 g/mol.